The lowest BCUT2D eigenvalue weighted by molar-refractivity contribution is -0.191. The second-order valence-corrected chi connectivity index (χ2v) is 7.35. The van der Waals surface area contributed by atoms with Crippen LogP contribution in [0.1, 0.15) is 46.2 Å². The van der Waals surface area contributed by atoms with Gasteiger partial charge in [-0.15, -0.1) is 0 Å². The van der Waals surface area contributed by atoms with Crippen LogP contribution in [0.5, 0.6) is 0 Å². The van der Waals surface area contributed by atoms with E-state index in [0.29, 0.717) is 70.6 Å². The summed E-state index contributed by atoms with van der Waals surface area (Å²) in [5.74, 6) is -0.482. The summed E-state index contributed by atoms with van der Waals surface area (Å²) in [5.41, 5.74) is 9.38. The zero-order valence-electron chi connectivity index (χ0n) is 17.7. The molecule has 0 atom stereocenters. The van der Waals surface area contributed by atoms with Gasteiger partial charge < -0.3 is 36.1 Å². The minimum atomic E-state index is -0.482. The van der Waals surface area contributed by atoms with Gasteiger partial charge in [0.1, 0.15) is 5.69 Å². The van der Waals surface area contributed by atoms with Crippen LogP contribution >= 0.6 is 15.9 Å². The van der Waals surface area contributed by atoms with Crippen LogP contribution in [0.15, 0.2) is 16.6 Å². The Bertz CT molecular complexity index is 925. The number of aliphatic hydroxyl groups excluding tert-OH is 3. The Kier molecular flexibility index (Phi) is 12.7. The second kappa shape index (κ2) is 14.6. The largest absolute Gasteiger partial charge is 0.461 e. The molecule has 0 aliphatic carbocycles. The summed E-state index contributed by atoms with van der Waals surface area (Å²) < 4.78 is 5.78. The first-order chi connectivity index (χ1) is 15.4. The van der Waals surface area contributed by atoms with Crippen molar-refractivity contribution in [3.05, 3.63) is 44.7 Å². The van der Waals surface area contributed by atoms with E-state index in [2.05, 4.69) is 26.2 Å². The van der Waals surface area contributed by atoms with Crippen molar-refractivity contribution in [1.29, 1.82) is 0 Å². The third-order valence-corrected chi connectivity index (χ3v) is 5.36. The average molecular weight is 514 g/mol. The number of hydrogen-bond acceptors (Lipinski definition) is 9. The lowest BCUT2D eigenvalue weighted by Gasteiger charge is -2.16. The third-order valence-electron chi connectivity index (χ3n) is 4.57. The number of esters is 1. The maximum atomic E-state index is 12.5. The van der Waals surface area contributed by atoms with Gasteiger partial charge >= 0.3 is 12.1 Å². The lowest BCUT2D eigenvalue weighted by Crippen LogP contribution is -2.22. The van der Waals surface area contributed by atoms with Gasteiger partial charge in [-0.2, -0.15) is 9.59 Å². The second-order valence-electron chi connectivity index (χ2n) is 6.56. The first-order valence-electron chi connectivity index (χ1n) is 9.89. The molecule has 2 rings (SSSR count). The molecule has 1 heterocycles. The average Bonchev–Trinajstić information content (AvgIpc) is 3.12. The van der Waals surface area contributed by atoms with E-state index in [9.17, 15) is 20.1 Å². The monoisotopic (exact) mass is 513 g/mol. The van der Waals surface area contributed by atoms with E-state index in [1.807, 2.05) is 6.92 Å². The Labute approximate surface area is 193 Å². The molecule has 0 bridgehead atoms. The molecule has 0 saturated heterocycles. The highest BCUT2D eigenvalue weighted by atomic mass is 79.9. The quantitative estimate of drug-likeness (QED) is 0.188. The predicted molar refractivity (Wildman–Crippen MR) is 118 cm³/mol. The fourth-order valence-corrected chi connectivity index (χ4v) is 3.88. The van der Waals surface area contributed by atoms with Crippen molar-refractivity contribution < 1.29 is 34.4 Å². The van der Waals surface area contributed by atoms with Gasteiger partial charge in [0.25, 0.3) is 0 Å². The SMILES string of the molecule is CCCOC(=O)c1[nH]c(CNCCN)c(-c2ccc(CO)c(CO)c2CO)c1Br.O=C=O. The van der Waals surface area contributed by atoms with E-state index < -0.39 is 5.97 Å². The number of H-pyrrole nitrogens is 1. The summed E-state index contributed by atoms with van der Waals surface area (Å²) in [6.45, 7) is 2.77. The summed E-state index contributed by atoms with van der Waals surface area (Å²) in [5, 5.41) is 32.5. The maximum absolute atomic E-state index is 12.5. The minimum Gasteiger partial charge on any atom is -0.461 e. The van der Waals surface area contributed by atoms with Gasteiger partial charge in [0.05, 0.1) is 30.9 Å². The maximum Gasteiger partial charge on any atom is 0.373 e. The molecule has 0 spiro atoms. The van der Waals surface area contributed by atoms with Crippen molar-refractivity contribution in [1.82, 2.24) is 10.3 Å². The molecule has 32 heavy (non-hydrogen) atoms. The van der Waals surface area contributed by atoms with Crippen molar-refractivity contribution in [3.8, 4) is 11.1 Å². The fourth-order valence-electron chi connectivity index (χ4n) is 3.16. The van der Waals surface area contributed by atoms with E-state index >= 15 is 0 Å². The standard InChI is InChI=1S/C20H28BrN3O5.CO2/c1-2-7-29-20(28)19-18(21)17(16(24-19)8-23-6-5-22)13-4-3-12(9-25)14(10-26)15(13)11-27;2-1-3/h3-4,23-27H,2,5-11,22H2,1H3;. The van der Waals surface area contributed by atoms with Gasteiger partial charge in [0.15, 0.2) is 0 Å². The van der Waals surface area contributed by atoms with Gasteiger partial charge in [-0.3, -0.25) is 0 Å². The highest BCUT2D eigenvalue weighted by Crippen LogP contribution is 2.39. The number of nitrogens with two attached hydrogens (primary N) is 1. The smallest absolute Gasteiger partial charge is 0.373 e. The summed E-state index contributed by atoms with van der Waals surface area (Å²) in [6.07, 6.45) is 0.957. The van der Waals surface area contributed by atoms with Crippen LogP contribution in [0.3, 0.4) is 0 Å². The van der Waals surface area contributed by atoms with Gasteiger partial charge in [-0.1, -0.05) is 19.1 Å². The first kappa shape index (κ1) is 27.7. The van der Waals surface area contributed by atoms with Crippen LogP contribution in [-0.4, -0.2) is 52.1 Å². The van der Waals surface area contributed by atoms with Crippen molar-refractivity contribution in [2.75, 3.05) is 19.7 Å². The van der Waals surface area contributed by atoms with Crippen molar-refractivity contribution in [2.45, 2.75) is 39.7 Å². The lowest BCUT2D eigenvalue weighted by atomic mass is 9.92. The molecule has 0 radical (unpaired) electrons. The van der Waals surface area contributed by atoms with Crippen LogP contribution in [0, 0.1) is 0 Å². The molecule has 10 nitrogen and oxygen atoms in total. The molecule has 2 aromatic rings. The number of aromatic nitrogens is 1. The summed E-state index contributed by atoms with van der Waals surface area (Å²) >= 11 is 3.51. The normalized spacial score (nSPS) is 10.3. The van der Waals surface area contributed by atoms with E-state index in [1.54, 1.807) is 12.1 Å². The molecule has 0 fully saturated rings. The Morgan fingerprint density at radius 1 is 1.19 bits per heavy atom. The van der Waals surface area contributed by atoms with E-state index in [4.69, 9.17) is 20.1 Å². The van der Waals surface area contributed by atoms with Crippen LogP contribution in [0.4, 0.5) is 0 Å². The fraction of sp³-hybridized carbons (Fsp3) is 0.429. The van der Waals surface area contributed by atoms with E-state index in [0.717, 1.165) is 0 Å². The first-order valence-corrected chi connectivity index (χ1v) is 10.7. The topological polar surface area (TPSA) is 175 Å². The van der Waals surface area contributed by atoms with E-state index in [-0.39, 0.29) is 31.7 Å². The Balaban J connectivity index is 0.00000161. The molecule has 0 amide bonds. The number of benzene rings is 1. The Hall–Kier alpha value is -2.37. The molecule has 0 unspecified atom stereocenters. The van der Waals surface area contributed by atoms with Gasteiger partial charge in [0.2, 0.25) is 0 Å². The van der Waals surface area contributed by atoms with Crippen molar-refractivity contribution in [2.24, 2.45) is 5.73 Å². The number of halogens is 1. The summed E-state index contributed by atoms with van der Waals surface area (Å²) in [4.78, 5) is 31.8. The van der Waals surface area contributed by atoms with Gasteiger partial charge in [0, 0.05) is 30.9 Å². The van der Waals surface area contributed by atoms with Crippen molar-refractivity contribution >= 4 is 28.1 Å². The molecule has 176 valence electrons. The highest BCUT2D eigenvalue weighted by molar-refractivity contribution is 9.10. The van der Waals surface area contributed by atoms with Crippen molar-refractivity contribution in [3.63, 3.8) is 0 Å². The van der Waals surface area contributed by atoms with Crippen LogP contribution < -0.4 is 11.1 Å². The molecular weight excluding hydrogens is 486 g/mol. The number of carbonyl (C=O) groups is 1. The summed E-state index contributed by atoms with van der Waals surface area (Å²) in [6, 6.07) is 3.46. The molecule has 0 saturated carbocycles. The molecule has 1 aromatic carbocycles. The van der Waals surface area contributed by atoms with E-state index in [1.165, 1.54) is 0 Å². The van der Waals surface area contributed by atoms with Gasteiger partial charge in [-0.25, -0.2) is 4.79 Å². The Morgan fingerprint density at radius 2 is 1.84 bits per heavy atom. The zero-order chi connectivity index (χ0) is 24.1. The number of hydrogen-bond donors (Lipinski definition) is 6. The number of rotatable bonds is 11. The minimum absolute atomic E-state index is 0.250. The van der Waals surface area contributed by atoms with Gasteiger partial charge in [-0.05, 0) is 44.6 Å². The molecule has 1 aromatic heterocycles. The van der Waals surface area contributed by atoms with Crippen LogP contribution in [0.2, 0.25) is 0 Å². The number of aliphatic hydroxyl groups is 3. The Morgan fingerprint density at radius 3 is 2.38 bits per heavy atom. The van der Waals surface area contributed by atoms with Crippen LogP contribution in [-0.2, 0) is 40.7 Å². The molecule has 7 N–H and O–H groups in total. The predicted octanol–water partition coefficient (Wildman–Crippen LogP) is 0.953. The molecular formula is C21H28BrN3O7. The number of ether oxygens (including phenoxy) is 1. The third kappa shape index (κ3) is 6.81. The molecule has 11 heteroatoms. The number of aromatic amines is 1. The number of nitrogens with one attached hydrogen (secondary N) is 2. The zero-order valence-corrected chi connectivity index (χ0v) is 19.3. The molecule has 0 aliphatic rings. The summed E-state index contributed by atoms with van der Waals surface area (Å²) in [7, 11) is 0. The highest BCUT2D eigenvalue weighted by Gasteiger charge is 2.25. The van der Waals surface area contributed by atoms with Crippen LogP contribution in [0.25, 0.3) is 11.1 Å². The number of carbonyl (C=O) groups excluding carboxylic acids is 3. The molecule has 0 aliphatic heterocycles.